The minimum atomic E-state index is -0.384. The van der Waals surface area contributed by atoms with Crippen molar-refractivity contribution in [1.82, 2.24) is 15.5 Å². The Morgan fingerprint density at radius 3 is 2.46 bits per heavy atom. The Hall–Kier alpha value is -1.30. The van der Waals surface area contributed by atoms with Gasteiger partial charge in [-0.1, -0.05) is 29.3 Å². The van der Waals surface area contributed by atoms with Gasteiger partial charge in [0.25, 0.3) is 5.91 Å². The van der Waals surface area contributed by atoms with Crippen LogP contribution in [0.15, 0.2) is 29.5 Å². The summed E-state index contributed by atoms with van der Waals surface area (Å²) in [6.07, 6.45) is 0. The highest BCUT2D eigenvalue weighted by Crippen LogP contribution is 2.33. The van der Waals surface area contributed by atoms with E-state index in [1.807, 2.05) is 40.8 Å². The zero-order chi connectivity index (χ0) is 18.2. The highest BCUT2D eigenvalue weighted by atomic mass is 35.5. The van der Waals surface area contributed by atoms with Crippen LogP contribution in [0.5, 0.6) is 0 Å². The maximum atomic E-state index is 12.9. The number of benzene rings is 1. The van der Waals surface area contributed by atoms with Crippen molar-refractivity contribution in [3.8, 4) is 0 Å². The molecular formula is C17H21Cl2N3OS. The van der Waals surface area contributed by atoms with E-state index >= 15 is 0 Å². The van der Waals surface area contributed by atoms with Crippen LogP contribution >= 0.6 is 35.4 Å². The largest absolute Gasteiger partial charge is 0.351 e. The van der Waals surface area contributed by atoms with Crippen LogP contribution in [0.3, 0.4) is 0 Å². The smallest absolute Gasteiger partial charge is 0.251 e. The summed E-state index contributed by atoms with van der Waals surface area (Å²) >= 11 is 17.5. The van der Waals surface area contributed by atoms with E-state index in [0.717, 1.165) is 11.3 Å². The molecule has 1 aromatic carbocycles. The predicted molar refractivity (Wildman–Crippen MR) is 103 cm³/mol. The quantitative estimate of drug-likeness (QED) is 0.753. The van der Waals surface area contributed by atoms with Crippen LogP contribution < -0.4 is 10.6 Å². The number of rotatable bonds is 2. The first-order valence-corrected chi connectivity index (χ1v) is 8.70. The van der Waals surface area contributed by atoms with E-state index in [1.54, 1.807) is 17.0 Å². The maximum Gasteiger partial charge on any atom is 0.251 e. The Labute approximate surface area is 158 Å². The Morgan fingerprint density at radius 2 is 1.92 bits per heavy atom. The Bertz CT molecular complexity index is 725. The van der Waals surface area contributed by atoms with Crippen LogP contribution in [0, 0.1) is 0 Å². The van der Waals surface area contributed by atoms with Gasteiger partial charge in [-0.3, -0.25) is 4.79 Å². The fourth-order valence-electron chi connectivity index (χ4n) is 2.48. The second kappa shape index (κ2) is 6.90. The van der Waals surface area contributed by atoms with Gasteiger partial charge in [-0.05, 0) is 57.6 Å². The highest BCUT2D eigenvalue weighted by Gasteiger charge is 2.33. The van der Waals surface area contributed by atoms with E-state index < -0.39 is 0 Å². The van der Waals surface area contributed by atoms with E-state index in [1.165, 1.54) is 0 Å². The molecule has 0 radical (unpaired) electrons. The van der Waals surface area contributed by atoms with Gasteiger partial charge in [0.05, 0.1) is 21.7 Å². The second-order valence-electron chi connectivity index (χ2n) is 6.82. The third kappa shape index (κ3) is 4.02. The molecule has 2 N–H and O–H groups in total. The summed E-state index contributed by atoms with van der Waals surface area (Å²) in [5, 5.41) is 7.69. The summed E-state index contributed by atoms with van der Waals surface area (Å²) in [5.41, 5.74) is 1.90. The van der Waals surface area contributed by atoms with Crippen molar-refractivity contribution >= 4 is 46.4 Å². The van der Waals surface area contributed by atoms with Gasteiger partial charge in [0.1, 0.15) is 0 Å². The molecule has 0 saturated carbocycles. The Balaban J connectivity index is 2.52. The van der Waals surface area contributed by atoms with Crippen molar-refractivity contribution < 1.29 is 4.79 Å². The minimum Gasteiger partial charge on any atom is -0.351 e. The molecule has 0 unspecified atom stereocenters. The number of hydrogen-bond donors (Lipinski definition) is 2. The number of allylic oxidation sites excluding steroid dienone is 1. The van der Waals surface area contributed by atoms with Crippen molar-refractivity contribution in [3.05, 3.63) is 45.1 Å². The third-order valence-corrected chi connectivity index (χ3v) is 4.89. The molecule has 0 aliphatic carbocycles. The molecule has 0 spiro atoms. The molecule has 1 amide bonds. The number of hydrogen-bond acceptors (Lipinski definition) is 2. The summed E-state index contributed by atoms with van der Waals surface area (Å²) in [4.78, 5) is 14.7. The number of halogens is 2. The molecule has 1 heterocycles. The summed E-state index contributed by atoms with van der Waals surface area (Å²) in [6.45, 7) is 7.72. The summed E-state index contributed by atoms with van der Waals surface area (Å²) in [7, 11) is 1.83. The standard InChI is InChI=1S/C17H21Cl2N3OS/c1-9-13(15(23)21-17(2,3)4)14(20-16(24)22(9)5)10-6-7-11(18)12(19)8-10/h6-8,14H,1-5H3,(H,20,24)(H,21,23)/t14-/m0/s1. The Kier molecular flexibility index (Phi) is 5.47. The van der Waals surface area contributed by atoms with Gasteiger partial charge < -0.3 is 15.5 Å². The van der Waals surface area contributed by atoms with Crippen LogP contribution in [-0.4, -0.2) is 28.5 Å². The van der Waals surface area contributed by atoms with Gasteiger partial charge in [0.2, 0.25) is 0 Å². The van der Waals surface area contributed by atoms with Crippen LogP contribution in [0.4, 0.5) is 0 Å². The SMILES string of the molecule is CC1=C(C(=O)NC(C)(C)C)[C@H](c2ccc(Cl)c(Cl)c2)NC(=S)N1C. The molecule has 1 atom stereocenters. The van der Waals surface area contributed by atoms with E-state index in [0.29, 0.717) is 20.7 Å². The van der Waals surface area contributed by atoms with Crippen LogP contribution in [0.2, 0.25) is 10.0 Å². The molecule has 1 aromatic rings. The monoisotopic (exact) mass is 385 g/mol. The minimum absolute atomic E-state index is 0.141. The predicted octanol–water partition coefficient (Wildman–Crippen LogP) is 4.04. The lowest BCUT2D eigenvalue weighted by Crippen LogP contribution is -2.50. The zero-order valence-electron chi connectivity index (χ0n) is 14.3. The van der Waals surface area contributed by atoms with E-state index in [2.05, 4.69) is 10.6 Å². The number of amides is 1. The summed E-state index contributed by atoms with van der Waals surface area (Å²) in [5.74, 6) is -0.141. The van der Waals surface area contributed by atoms with Crippen LogP contribution in [0.1, 0.15) is 39.3 Å². The van der Waals surface area contributed by atoms with Gasteiger partial charge in [-0.25, -0.2) is 0 Å². The number of nitrogens with zero attached hydrogens (tertiary/aromatic N) is 1. The first kappa shape index (κ1) is 19.0. The second-order valence-corrected chi connectivity index (χ2v) is 8.02. The van der Waals surface area contributed by atoms with Crippen molar-refractivity contribution in [2.75, 3.05) is 7.05 Å². The molecule has 1 aliphatic rings. The lowest BCUT2D eigenvalue weighted by Gasteiger charge is -2.37. The lowest BCUT2D eigenvalue weighted by molar-refractivity contribution is -0.119. The lowest BCUT2D eigenvalue weighted by atomic mass is 9.93. The molecule has 130 valence electrons. The van der Waals surface area contributed by atoms with Crippen molar-refractivity contribution in [1.29, 1.82) is 0 Å². The van der Waals surface area contributed by atoms with E-state index in [4.69, 9.17) is 35.4 Å². The first-order valence-electron chi connectivity index (χ1n) is 7.53. The molecule has 0 aromatic heterocycles. The molecule has 1 aliphatic heterocycles. The van der Waals surface area contributed by atoms with Gasteiger partial charge in [-0.15, -0.1) is 0 Å². The molecule has 0 bridgehead atoms. The fraction of sp³-hybridized carbons (Fsp3) is 0.412. The third-order valence-electron chi connectivity index (χ3n) is 3.76. The molecule has 0 fully saturated rings. The van der Waals surface area contributed by atoms with E-state index in [-0.39, 0.29) is 17.5 Å². The summed E-state index contributed by atoms with van der Waals surface area (Å²) < 4.78 is 0. The van der Waals surface area contributed by atoms with Crippen LogP contribution in [-0.2, 0) is 4.79 Å². The van der Waals surface area contributed by atoms with E-state index in [9.17, 15) is 4.79 Å². The van der Waals surface area contributed by atoms with Gasteiger partial charge in [-0.2, -0.15) is 0 Å². The molecule has 7 heteroatoms. The van der Waals surface area contributed by atoms with Crippen LogP contribution in [0.25, 0.3) is 0 Å². The average molecular weight is 386 g/mol. The molecule has 4 nitrogen and oxygen atoms in total. The zero-order valence-corrected chi connectivity index (χ0v) is 16.7. The molecule has 2 rings (SSSR count). The average Bonchev–Trinajstić information content (AvgIpc) is 2.45. The normalized spacial score (nSPS) is 18.5. The number of carbonyl (C=O) groups excluding carboxylic acids is 1. The first-order chi connectivity index (χ1) is 11.0. The van der Waals surface area contributed by atoms with Crippen molar-refractivity contribution in [3.63, 3.8) is 0 Å². The Morgan fingerprint density at radius 1 is 1.29 bits per heavy atom. The molecule has 24 heavy (non-hydrogen) atoms. The molecule has 0 saturated heterocycles. The van der Waals surface area contributed by atoms with Gasteiger partial charge in [0.15, 0.2) is 5.11 Å². The van der Waals surface area contributed by atoms with Crippen molar-refractivity contribution in [2.24, 2.45) is 0 Å². The number of thiocarbonyl (C=S) groups is 1. The highest BCUT2D eigenvalue weighted by molar-refractivity contribution is 7.80. The van der Waals surface area contributed by atoms with Gasteiger partial charge in [0, 0.05) is 18.3 Å². The number of nitrogens with one attached hydrogen (secondary N) is 2. The fourth-order valence-corrected chi connectivity index (χ4v) is 3.04. The maximum absolute atomic E-state index is 12.9. The molecular weight excluding hydrogens is 365 g/mol. The number of carbonyl (C=O) groups is 1. The van der Waals surface area contributed by atoms with Crippen molar-refractivity contribution in [2.45, 2.75) is 39.3 Å². The topological polar surface area (TPSA) is 44.4 Å². The van der Waals surface area contributed by atoms with Gasteiger partial charge >= 0.3 is 0 Å². The summed E-state index contributed by atoms with van der Waals surface area (Å²) in [6, 6.07) is 4.94.